The zero-order chi connectivity index (χ0) is 7.56. The lowest BCUT2D eigenvalue weighted by Gasteiger charge is -2.14. The summed E-state index contributed by atoms with van der Waals surface area (Å²) in [6, 6.07) is 1.48. The maximum atomic E-state index is 3.57. The van der Waals surface area contributed by atoms with Crippen LogP contribution in [-0.2, 0) is 0 Å². The highest BCUT2D eigenvalue weighted by atomic mass is 14.9. The Labute approximate surface area is 64.2 Å². The lowest BCUT2D eigenvalue weighted by Crippen LogP contribution is -2.32. The van der Waals surface area contributed by atoms with Gasteiger partial charge in [-0.2, -0.15) is 0 Å². The van der Waals surface area contributed by atoms with Crippen molar-refractivity contribution in [3.8, 4) is 0 Å². The summed E-state index contributed by atoms with van der Waals surface area (Å²) in [5.74, 6) is 0.955. The highest BCUT2D eigenvalue weighted by Gasteiger charge is 2.20. The van der Waals surface area contributed by atoms with Crippen LogP contribution in [0.4, 0.5) is 0 Å². The van der Waals surface area contributed by atoms with Crippen molar-refractivity contribution in [3.63, 3.8) is 0 Å². The van der Waals surface area contributed by atoms with Crippen LogP contribution in [0.25, 0.3) is 0 Å². The molecule has 0 heterocycles. The minimum absolute atomic E-state index is 0.662. The number of hydrogen-bond acceptors (Lipinski definition) is 1. The standard InChI is InChI=1S/C9H19N/c1-7(2)10-9-5-4-8(3)6-9/h7-10H,4-6H2,1-3H3. The molecule has 0 aromatic heterocycles. The molecule has 2 unspecified atom stereocenters. The molecule has 0 radical (unpaired) electrons. The monoisotopic (exact) mass is 141 g/mol. The molecule has 1 heteroatoms. The number of hydrogen-bond donors (Lipinski definition) is 1. The molecule has 0 saturated heterocycles. The van der Waals surface area contributed by atoms with E-state index < -0.39 is 0 Å². The molecule has 0 amide bonds. The molecular weight excluding hydrogens is 122 g/mol. The first-order valence-electron chi connectivity index (χ1n) is 4.44. The van der Waals surface area contributed by atoms with Crippen LogP contribution in [0.1, 0.15) is 40.0 Å². The predicted octanol–water partition coefficient (Wildman–Crippen LogP) is 2.17. The van der Waals surface area contributed by atoms with Crippen LogP contribution in [0.3, 0.4) is 0 Å². The molecule has 1 rings (SSSR count). The molecule has 0 aromatic rings. The summed E-state index contributed by atoms with van der Waals surface area (Å²) in [4.78, 5) is 0. The largest absolute Gasteiger partial charge is 0.312 e. The van der Waals surface area contributed by atoms with Gasteiger partial charge < -0.3 is 5.32 Å². The molecule has 2 atom stereocenters. The Hall–Kier alpha value is -0.0400. The lowest BCUT2D eigenvalue weighted by molar-refractivity contribution is 0.458. The Morgan fingerprint density at radius 1 is 1.30 bits per heavy atom. The fraction of sp³-hybridized carbons (Fsp3) is 1.00. The van der Waals surface area contributed by atoms with Gasteiger partial charge in [0, 0.05) is 12.1 Å². The summed E-state index contributed by atoms with van der Waals surface area (Å²) in [6.45, 7) is 6.80. The van der Waals surface area contributed by atoms with E-state index in [0.29, 0.717) is 6.04 Å². The maximum Gasteiger partial charge on any atom is 0.00720 e. The van der Waals surface area contributed by atoms with Crippen LogP contribution in [0, 0.1) is 5.92 Å². The van der Waals surface area contributed by atoms with E-state index in [2.05, 4.69) is 26.1 Å². The normalized spacial score (nSPS) is 33.6. The lowest BCUT2D eigenvalue weighted by atomic mass is 10.1. The second kappa shape index (κ2) is 3.38. The Kier molecular flexibility index (Phi) is 2.72. The minimum atomic E-state index is 0.662. The number of rotatable bonds is 2. The molecule has 10 heavy (non-hydrogen) atoms. The van der Waals surface area contributed by atoms with Gasteiger partial charge in [0.05, 0.1) is 0 Å². The SMILES string of the molecule is CC1CCC(NC(C)C)C1. The molecule has 0 bridgehead atoms. The molecule has 0 aromatic carbocycles. The molecule has 0 spiro atoms. The zero-order valence-corrected chi connectivity index (χ0v) is 7.35. The quantitative estimate of drug-likeness (QED) is 0.621. The molecule has 60 valence electrons. The van der Waals surface area contributed by atoms with Crippen LogP contribution in [0.5, 0.6) is 0 Å². The second-order valence-electron chi connectivity index (χ2n) is 3.94. The van der Waals surface area contributed by atoms with Crippen LogP contribution in [0.15, 0.2) is 0 Å². The second-order valence-corrected chi connectivity index (χ2v) is 3.94. The van der Waals surface area contributed by atoms with Gasteiger partial charge in [-0.3, -0.25) is 0 Å². The van der Waals surface area contributed by atoms with E-state index >= 15 is 0 Å². The number of nitrogens with one attached hydrogen (secondary N) is 1. The Bertz CT molecular complexity index is 98.9. The third-order valence-electron chi connectivity index (χ3n) is 2.26. The van der Waals surface area contributed by atoms with E-state index in [4.69, 9.17) is 0 Å². The van der Waals surface area contributed by atoms with Crippen molar-refractivity contribution in [1.29, 1.82) is 0 Å². The highest BCUT2D eigenvalue weighted by molar-refractivity contribution is 4.79. The van der Waals surface area contributed by atoms with Crippen molar-refractivity contribution in [2.75, 3.05) is 0 Å². The minimum Gasteiger partial charge on any atom is -0.312 e. The topological polar surface area (TPSA) is 12.0 Å². The Balaban J connectivity index is 2.18. The van der Waals surface area contributed by atoms with Gasteiger partial charge in [0.15, 0.2) is 0 Å². The molecule has 1 aliphatic carbocycles. The van der Waals surface area contributed by atoms with E-state index in [0.717, 1.165) is 12.0 Å². The van der Waals surface area contributed by atoms with Gasteiger partial charge in [-0.1, -0.05) is 20.8 Å². The summed E-state index contributed by atoms with van der Waals surface area (Å²) < 4.78 is 0. The molecule has 0 aliphatic heterocycles. The van der Waals surface area contributed by atoms with Crippen molar-refractivity contribution in [1.82, 2.24) is 5.32 Å². The molecule has 1 saturated carbocycles. The van der Waals surface area contributed by atoms with Crippen molar-refractivity contribution in [2.24, 2.45) is 5.92 Å². The average molecular weight is 141 g/mol. The first-order chi connectivity index (χ1) is 4.68. The first kappa shape index (κ1) is 8.06. The highest BCUT2D eigenvalue weighted by Crippen LogP contribution is 2.24. The maximum absolute atomic E-state index is 3.57. The van der Waals surface area contributed by atoms with Crippen molar-refractivity contribution in [2.45, 2.75) is 52.1 Å². The van der Waals surface area contributed by atoms with E-state index in [-0.39, 0.29) is 0 Å². The average Bonchev–Trinajstić information content (AvgIpc) is 2.13. The summed E-state index contributed by atoms with van der Waals surface area (Å²) in [6.07, 6.45) is 4.20. The molecule has 1 aliphatic rings. The van der Waals surface area contributed by atoms with Gasteiger partial charge in [-0.05, 0) is 25.2 Å². The van der Waals surface area contributed by atoms with Crippen molar-refractivity contribution >= 4 is 0 Å². The van der Waals surface area contributed by atoms with Gasteiger partial charge in [0.2, 0.25) is 0 Å². The summed E-state index contributed by atoms with van der Waals surface area (Å²) in [5.41, 5.74) is 0. The molecule has 1 nitrogen and oxygen atoms in total. The third kappa shape index (κ3) is 2.30. The fourth-order valence-electron chi connectivity index (χ4n) is 1.83. The first-order valence-corrected chi connectivity index (χ1v) is 4.44. The van der Waals surface area contributed by atoms with E-state index in [1.54, 1.807) is 0 Å². The van der Waals surface area contributed by atoms with Crippen LogP contribution < -0.4 is 5.32 Å². The van der Waals surface area contributed by atoms with E-state index in [9.17, 15) is 0 Å². The summed E-state index contributed by atoms with van der Waals surface area (Å²) in [7, 11) is 0. The van der Waals surface area contributed by atoms with Crippen LogP contribution in [0.2, 0.25) is 0 Å². The smallest absolute Gasteiger partial charge is 0.00720 e. The van der Waals surface area contributed by atoms with Gasteiger partial charge in [-0.25, -0.2) is 0 Å². The molecular formula is C9H19N. The van der Waals surface area contributed by atoms with Crippen molar-refractivity contribution < 1.29 is 0 Å². The fourth-order valence-corrected chi connectivity index (χ4v) is 1.83. The zero-order valence-electron chi connectivity index (χ0n) is 7.35. The van der Waals surface area contributed by atoms with Gasteiger partial charge in [0.1, 0.15) is 0 Å². The molecule has 1 fully saturated rings. The van der Waals surface area contributed by atoms with E-state index in [1.807, 2.05) is 0 Å². The van der Waals surface area contributed by atoms with Crippen LogP contribution in [-0.4, -0.2) is 12.1 Å². The van der Waals surface area contributed by atoms with Gasteiger partial charge in [-0.15, -0.1) is 0 Å². The summed E-state index contributed by atoms with van der Waals surface area (Å²) >= 11 is 0. The predicted molar refractivity (Wildman–Crippen MR) is 45.1 cm³/mol. The van der Waals surface area contributed by atoms with E-state index in [1.165, 1.54) is 19.3 Å². The van der Waals surface area contributed by atoms with Crippen LogP contribution >= 0.6 is 0 Å². The summed E-state index contributed by atoms with van der Waals surface area (Å²) in [5, 5.41) is 3.57. The Morgan fingerprint density at radius 3 is 2.40 bits per heavy atom. The third-order valence-corrected chi connectivity index (χ3v) is 2.26. The Morgan fingerprint density at radius 2 is 2.00 bits per heavy atom. The molecule has 1 N–H and O–H groups in total. The van der Waals surface area contributed by atoms with Gasteiger partial charge >= 0.3 is 0 Å². The van der Waals surface area contributed by atoms with Gasteiger partial charge in [0.25, 0.3) is 0 Å². The van der Waals surface area contributed by atoms with Crippen molar-refractivity contribution in [3.05, 3.63) is 0 Å².